The number of hydrogen-bond donors (Lipinski definition) is 2. The molecule has 0 fully saturated rings. The van der Waals surface area contributed by atoms with Crippen LogP contribution in [0.5, 0.6) is 0 Å². The maximum absolute atomic E-state index is 11.6. The van der Waals surface area contributed by atoms with Crippen molar-refractivity contribution in [1.29, 1.82) is 0 Å². The highest BCUT2D eigenvalue weighted by Gasteiger charge is 2.04. The van der Waals surface area contributed by atoms with Gasteiger partial charge in [0.2, 0.25) is 5.91 Å². The summed E-state index contributed by atoms with van der Waals surface area (Å²) in [4.78, 5) is 16.0. The van der Waals surface area contributed by atoms with Crippen LogP contribution in [0, 0.1) is 0 Å². The first-order valence-corrected chi connectivity index (χ1v) is 7.60. The first-order valence-electron chi connectivity index (χ1n) is 7.60. The Morgan fingerprint density at radius 2 is 2.19 bits per heavy atom. The van der Waals surface area contributed by atoms with E-state index >= 15 is 0 Å². The zero-order valence-corrected chi connectivity index (χ0v) is 12.8. The Kier molecular flexibility index (Phi) is 5.75. The summed E-state index contributed by atoms with van der Waals surface area (Å²) in [6.45, 7) is 6.12. The molecule has 0 saturated heterocycles. The Morgan fingerprint density at radius 1 is 1.38 bits per heavy atom. The molecule has 0 radical (unpaired) electrons. The van der Waals surface area contributed by atoms with E-state index in [1.165, 1.54) is 0 Å². The molecule has 0 bridgehead atoms. The van der Waals surface area contributed by atoms with E-state index in [9.17, 15) is 4.79 Å². The molecule has 0 aliphatic carbocycles. The smallest absolute Gasteiger partial charge is 0.233 e. The zero-order valence-electron chi connectivity index (χ0n) is 12.8. The first-order chi connectivity index (χ1) is 10.2. The molecule has 1 unspecified atom stereocenters. The number of hydrogen-bond acceptors (Lipinski definition) is 3. The monoisotopic (exact) mass is 288 g/mol. The number of nitrogens with one attached hydrogen (secondary N) is 2. The molecule has 2 aromatic rings. The molecule has 21 heavy (non-hydrogen) atoms. The highest BCUT2D eigenvalue weighted by Crippen LogP contribution is 2.11. The third-order valence-corrected chi connectivity index (χ3v) is 3.65. The summed E-state index contributed by atoms with van der Waals surface area (Å²) < 4.78 is 2.12. The van der Waals surface area contributed by atoms with Crippen LogP contribution in [-0.2, 0) is 11.3 Å². The molecule has 1 amide bonds. The largest absolute Gasteiger partial charge is 0.355 e. The molecule has 2 rings (SSSR count). The number of fused-ring (bicyclic) bond motifs is 1. The van der Waals surface area contributed by atoms with Crippen molar-refractivity contribution in [2.24, 2.45) is 0 Å². The van der Waals surface area contributed by atoms with Gasteiger partial charge in [0.1, 0.15) is 0 Å². The van der Waals surface area contributed by atoms with Gasteiger partial charge in [0.25, 0.3) is 0 Å². The topological polar surface area (TPSA) is 59.0 Å². The summed E-state index contributed by atoms with van der Waals surface area (Å²) in [6.07, 6.45) is 3.79. The van der Waals surface area contributed by atoms with Gasteiger partial charge in [-0.15, -0.1) is 0 Å². The Hall–Kier alpha value is -1.88. The fourth-order valence-corrected chi connectivity index (χ4v) is 2.14. The molecular formula is C16H24N4O. The van der Waals surface area contributed by atoms with E-state index in [-0.39, 0.29) is 5.91 Å². The molecule has 0 aliphatic rings. The van der Waals surface area contributed by atoms with Crippen molar-refractivity contribution in [3.05, 3.63) is 30.6 Å². The summed E-state index contributed by atoms with van der Waals surface area (Å²) in [5, 5.41) is 6.12. The second-order valence-electron chi connectivity index (χ2n) is 5.32. The molecule has 1 heterocycles. The van der Waals surface area contributed by atoms with Crippen molar-refractivity contribution < 1.29 is 4.79 Å². The van der Waals surface area contributed by atoms with E-state index in [1.54, 1.807) is 0 Å². The number of rotatable bonds is 8. The molecule has 1 atom stereocenters. The lowest BCUT2D eigenvalue weighted by Crippen LogP contribution is -2.38. The van der Waals surface area contributed by atoms with E-state index in [2.05, 4.69) is 40.1 Å². The number of amides is 1. The molecule has 0 saturated carbocycles. The molecular weight excluding hydrogens is 264 g/mol. The Bertz CT molecular complexity index is 578. The van der Waals surface area contributed by atoms with Crippen molar-refractivity contribution in [2.45, 2.75) is 39.3 Å². The van der Waals surface area contributed by atoms with E-state index < -0.39 is 0 Å². The molecule has 0 spiro atoms. The van der Waals surface area contributed by atoms with Gasteiger partial charge in [-0.05, 0) is 31.9 Å². The second kappa shape index (κ2) is 7.78. The Balaban J connectivity index is 1.69. The number of aromatic nitrogens is 2. The van der Waals surface area contributed by atoms with Crippen LogP contribution < -0.4 is 10.6 Å². The third-order valence-electron chi connectivity index (χ3n) is 3.65. The minimum atomic E-state index is 0.0609. The molecule has 1 aromatic heterocycles. The number of para-hydroxylation sites is 2. The fourth-order valence-electron chi connectivity index (χ4n) is 2.14. The van der Waals surface area contributed by atoms with Crippen molar-refractivity contribution in [1.82, 2.24) is 20.2 Å². The molecule has 5 heteroatoms. The first kappa shape index (κ1) is 15.5. The van der Waals surface area contributed by atoms with E-state index in [1.807, 2.05) is 24.5 Å². The normalized spacial score (nSPS) is 12.5. The van der Waals surface area contributed by atoms with Gasteiger partial charge >= 0.3 is 0 Å². The summed E-state index contributed by atoms with van der Waals surface area (Å²) in [7, 11) is 0. The van der Waals surface area contributed by atoms with E-state index in [0.717, 1.165) is 30.4 Å². The average molecular weight is 288 g/mol. The molecule has 0 aliphatic heterocycles. The zero-order chi connectivity index (χ0) is 15.1. The van der Waals surface area contributed by atoms with Crippen LogP contribution >= 0.6 is 0 Å². The van der Waals surface area contributed by atoms with Gasteiger partial charge in [-0.3, -0.25) is 4.79 Å². The predicted molar refractivity (Wildman–Crippen MR) is 85.1 cm³/mol. The SMILES string of the molecule is CCC(C)NCC(=O)NCCCn1cnc2ccccc21. The second-order valence-corrected chi connectivity index (χ2v) is 5.32. The van der Waals surface area contributed by atoms with Crippen LogP contribution in [0.2, 0.25) is 0 Å². The highest BCUT2D eigenvalue weighted by atomic mass is 16.1. The summed E-state index contributed by atoms with van der Waals surface area (Å²) in [5.41, 5.74) is 2.15. The molecule has 5 nitrogen and oxygen atoms in total. The van der Waals surface area contributed by atoms with Gasteiger partial charge in [0, 0.05) is 19.1 Å². The highest BCUT2D eigenvalue weighted by molar-refractivity contribution is 5.78. The van der Waals surface area contributed by atoms with Crippen LogP contribution in [0.4, 0.5) is 0 Å². The standard InChI is InChI=1S/C16H24N4O/c1-3-13(2)18-11-16(21)17-9-6-10-20-12-19-14-7-4-5-8-15(14)20/h4-5,7-8,12-13,18H,3,6,9-11H2,1-2H3,(H,17,21). The Labute approximate surface area is 125 Å². The lowest BCUT2D eigenvalue weighted by Gasteiger charge is -2.11. The minimum Gasteiger partial charge on any atom is -0.355 e. The van der Waals surface area contributed by atoms with Gasteiger partial charge in [-0.25, -0.2) is 4.98 Å². The number of imidazole rings is 1. The van der Waals surface area contributed by atoms with E-state index in [4.69, 9.17) is 0 Å². The van der Waals surface area contributed by atoms with Gasteiger partial charge in [-0.1, -0.05) is 19.1 Å². The number of benzene rings is 1. The fraction of sp³-hybridized carbons (Fsp3) is 0.500. The summed E-state index contributed by atoms with van der Waals surface area (Å²) in [5.74, 6) is 0.0609. The number of aryl methyl sites for hydroxylation is 1. The van der Waals surface area contributed by atoms with Gasteiger partial charge in [-0.2, -0.15) is 0 Å². The van der Waals surface area contributed by atoms with Crippen LogP contribution in [0.25, 0.3) is 11.0 Å². The maximum atomic E-state index is 11.6. The third kappa shape index (κ3) is 4.56. The lowest BCUT2D eigenvalue weighted by atomic mass is 10.2. The minimum absolute atomic E-state index is 0.0609. The van der Waals surface area contributed by atoms with Crippen molar-refractivity contribution in [2.75, 3.05) is 13.1 Å². The van der Waals surface area contributed by atoms with Crippen LogP contribution in [0.1, 0.15) is 26.7 Å². The van der Waals surface area contributed by atoms with Gasteiger partial charge < -0.3 is 15.2 Å². The van der Waals surface area contributed by atoms with Crippen LogP contribution in [-0.4, -0.2) is 34.6 Å². The van der Waals surface area contributed by atoms with Gasteiger partial charge in [0.05, 0.1) is 23.9 Å². The average Bonchev–Trinajstić information content (AvgIpc) is 2.92. The van der Waals surface area contributed by atoms with E-state index in [0.29, 0.717) is 19.1 Å². The molecule has 1 aromatic carbocycles. The summed E-state index contributed by atoms with van der Waals surface area (Å²) in [6, 6.07) is 8.46. The number of carbonyl (C=O) groups excluding carboxylic acids is 1. The van der Waals surface area contributed by atoms with Crippen LogP contribution in [0.15, 0.2) is 30.6 Å². The van der Waals surface area contributed by atoms with Crippen molar-refractivity contribution in [3.63, 3.8) is 0 Å². The number of nitrogens with zero attached hydrogens (tertiary/aromatic N) is 2. The Morgan fingerprint density at radius 3 is 3.00 bits per heavy atom. The quantitative estimate of drug-likeness (QED) is 0.730. The maximum Gasteiger partial charge on any atom is 0.233 e. The predicted octanol–water partition coefficient (Wildman–Crippen LogP) is 1.93. The molecule has 114 valence electrons. The van der Waals surface area contributed by atoms with Crippen molar-refractivity contribution in [3.8, 4) is 0 Å². The summed E-state index contributed by atoms with van der Waals surface area (Å²) >= 11 is 0. The number of carbonyl (C=O) groups is 1. The van der Waals surface area contributed by atoms with Gasteiger partial charge in [0.15, 0.2) is 0 Å². The lowest BCUT2D eigenvalue weighted by molar-refractivity contribution is -0.120. The van der Waals surface area contributed by atoms with Crippen LogP contribution in [0.3, 0.4) is 0 Å². The molecule has 2 N–H and O–H groups in total. The van der Waals surface area contributed by atoms with Crippen molar-refractivity contribution >= 4 is 16.9 Å².